The maximum absolute atomic E-state index is 10.6. The first-order valence-electron chi connectivity index (χ1n) is 11.1. The van der Waals surface area contributed by atoms with E-state index in [2.05, 4.69) is 0 Å². The monoisotopic (exact) mass is 422 g/mol. The lowest BCUT2D eigenvalue weighted by molar-refractivity contribution is -0.168. The molecule has 0 radical (unpaired) electrons. The van der Waals surface area contributed by atoms with Crippen LogP contribution in [-0.4, -0.2) is 51.0 Å². The summed E-state index contributed by atoms with van der Waals surface area (Å²) in [5, 5.41) is 40.1. The van der Waals surface area contributed by atoms with Gasteiger partial charge in [-0.15, -0.1) is 0 Å². The molecule has 6 atom stereocenters. The molecule has 0 saturated heterocycles. The van der Waals surface area contributed by atoms with Crippen LogP contribution in [0.1, 0.15) is 63.4 Å². The van der Waals surface area contributed by atoms with E-state index in [-0.39, 0.29) is 18.3 Å². The number of aliphatic hydroxyl groups excluding tert-OH is 3. The molecule has 30 heavy (non-hydrogen) atoms. The maximum atomic E-state index is 10.6. The molecule has 7 heteroatoms. The molecular formula is C23H34O7. The third-order valence-corrected chi connectivity index (χ3v) is 6.43. The zero-order valence-corrected chi connectivity index (χ0v) is 17.4. The van der Waals surface area contributed by atoms with E-state index in [0.29, 0.717) is 32.3 Å². The average molecular weight is 423 g/mol. The van der Waals surface area contributed by atoms with Crippen LogP contribution >= 0.6 is 0 Å². The number of hydrogen-bond acceptors (Lipinski definition) is 6. The van der Waals surface area contributed by atoms with Crippen molar-refractivity contribution in [2.24, 2.45) is 11.8 Å². The molecule has 1 heterocycles. The Balaban J connectivity index is 1.43. The van der Waals surface area contributed by atoms with Gasteiger partial charge in [0.1, 0.15) is 11.9 Å². The van der Waals surface area contributed by atoms with Gasteiger partial charge in [-0.3, -0.25) is 4.79 Å². The zero-order chi connectivity index (χ0) is 21.5. The summed E-state index contributed by atoms with van der Waals surface area (Å²) in [7, 11) is 0. The van der Waals surface area contributed by atoms with Gasteiger partial charge in [0.15, 0.2) is 0 Å². The number of rotatable bonds is 11. The minimum Gasteiger partial charge on any atom is -0.481 e. The lowest BCUT2D eigenvalue weighted by Gasteiger charge is -2.31. The molecule has 1 aromatic rings. The number of benzene rings is 1. The van der Waals surface area contributed by atoms with Crippen LogP contribution in [0.4, 0.5) is 0 Å². The number of fused-ring (bicyclic) bond motifs is 1. The smallest absolute Gasteiger partial charge is 0.303 e. The van der Waals surface area contributed by atoms with Crippen LogP contribution in [-0.2, 0) is 16.1 Å². The molecule has 0 unspecified atom stereocenters. The van der Waals surface area contributed by atoms with E-state index in [1.807, 2.05) is 24.3 Å². The predicted octanol–water partition coefficient (Wildman–Crippen LogP) is 2.85. The van der Waals surface area contributed by atoms with Crippen molar-refractivity contribution in [2.75, 3.05) is 0 Å². The van der Waals surface area contributed by atoms with Crippen LogP contribution in [0.5, 0.6) is 5.75 Å². The normalized spacial score (nSPS) is 29.2. The summed E-state index contributed by atoms with van der Waals surface area (Å²) in [6.07, 6.45) is 3.10. The summed E-state index contributed by atoms with van der Waals surface area (Å²) in [5.41, 5.74) is 0.957. The van der Waals surface area contributed by atoms with Crippen LogP contribution in [0, 0.1) is 11.8 Å². The largest absolute Gasteiger partial charge is 0.481 e. The molecule has 1 aliphatic carbocycles. The Hall–Kier alpha value is -1.67. The van der Waals surface area contributed by atoms with Crippen molar-refractivity contribution in [1.29, 1.82) is 0 Å². The van der Waals surface area contributed by atoms with Crippen LogP contribution in [0.3, 0.4) is 0 Å². The first-order chi connectivity index (χ1) is 14.5. The molecule has 1 saturated carbocycles. The van der Waals surface area contributed by atoms with Crippen molar-refractivity contribution >= 4 is 5.97 Å². The van der Waals surface area contributed by atoms with Gasteiger partial charge in [0.2, 0.25) is 6.29 Å². The van der Waals surface area contributed by atoms with E-state index in [0.717, 1.165) is 37.0 Å². The van der Waals surface area contributed by atoms with Gasteiger partial charge in [-0.05, 0) is 50.0 Å². The Labute approximate surface area is 177 Å². The quantitative estimate of drug-likeness (QED) is 0.405. The van der Waals surface area contributed by atoms with Crippen molar-refractivity contribution in [3.05, 3.63) is 29.8 Å². The second kappa shape index (κ2) is 11.1. The third-order valence-electron chi connectivity index (χ3n) is 6.43. The van der Waals surface area contributed by atoms with Crippen LogP contribution in [0.25, 0.3) is 0 Å². The molecular weight excluding hydrogens is 388 g/mol. The van der Waals surface area contributed by atoms with Gasteiger partial charge in [0.05, 0.1) is 18.8 Å². The first kappa shape index (κ1) is 23.0. The predicted molar refractivity (Wildman–Crippen MR) is 110 cm³/mol. The summed E-state index contributed by atoms with van der Waals surface area (Å²) >= 11 is 0. The average Bonchev–Trinajstić information content (AvgIpc) is 3.00. The molecule has 1 aromatic carbocycles. The van der Waals surface area contributed by atoms with E-state index >= 15 is 0 Å². The second-order valence-corrected chi connectivity index (χ2v) is 8.59. The second-order valence-electron chi connectivity index (χ2n) is 8.59. The lowest BCUT2D eigenvalue weighted by atomic mass is 9.84. The van der Waals surface area contributed by atoms with Gasteiger partial charge >= 0.3 is 5.97 Å². The Morgan fingerprint density at radius 1 is 1.03 bits per heavy atom. The molecule has 0 spiro atoms. The first-order valence-corrected chi connectivity index (χ1v) is 11.1. The number of hydrogen-bond donors (Lipinski definition) is 4. The number of carbonyl (C=O) groups is 1. The van der Waals surface area contributed by atoms with E-state index in [4.69, 9.17) is 14.6 Å². The Morgan fingerprint density at radius 3 is 2.50 bits per heavy atom. The maximum Gasteiger partial charge on any atom is 0.303 e. The van der Waals surface area contributed by atoms with Crippen molar-refractivity contribution in [3.63, 3.8) is 0 Å². The number of ether oxygens (including phenoxy) is 2. The molecule has 0 aromatic heterocycles. The van der Waals surface area contributed by atoms with Gasteiger partial charge in [-0.2, -0.15) is 0 Å². The SMILES string of the molecule is O=C(O)CCCCCC[C@@H]1[C@@H](CC[C@@H](O)[C@H]2OCc3ccccc3O2)[C@H](O)C[C@@H]1O. The summed E-state index contributed by atoms with van der Waals surface area (Å²) in [6.45, 7) is 0.396. The zero-order valence-electron chi connectivity index (χ0n) is 17.4. The number of aliphatic carboxylic acids is 1. The van der Waals surface area contributed by atoms with Gasteiger partial charge in [0.25, 0.3) is 0 Å². The molecule has 0 amide bonds. The van der Waals surface area contributed by atoms with Gasteiger partial charge in [-0.1, -0.05) is 37.5 Å². The summed E-state index contributed by atoms with van der Waals surface area (Å²) in [6, 6.07) is 7.60. The lowest BCUT2D eigenvalue weighted by Crippen LogP contribution is -2.37. The van der Waals surface area contributed by atoms with Crippen molar-refractivity contribution in [1.82, 2.24) is 0 Å². The number of carboxylic acid groups (broad SMARTS) is 1. The highest BCUT2D eigenvalue weighted by molar-refractivity contribution is 5.66. The third kappa shape index (κ3) is 6.17. The number of carboxylic acids is 1. The van der Waals surface area contributed by atoms with Gasteiger partial charge in [-0.25, -0.2) is 0 Å². The molecule has 4 N–H and O–H groups in total. The fourth-order valence-corrected chi connectivity index (χ4v) is 4.75. The number of para-hydroxylation sites is 1. The van der Waals surface area contributed by atoms with E-state index < -0.39 is 30.6 Å². The summed E-state index contributed by atoms with van der Waals surface area (Å²) in [5.74, 6) is -0.104. The van der Waals surface area contributed by atoms with E-state index in [9.17, 15) is 20.1 Å². The number of unbranched alkanes of at least 4 members (excludes halogenated alkanes) is 3. The molecule has 1 fully saturated rings. The topological polar surface area (TPSA) is 116 Å². The highest BCUT2D eigenvalue weighted by Crippen LogP contribution is 2.39. The minimum absolute atomic E-state index is 0.000548. The molecule has 1 aliphatic heterocycles. The fraction of sp³-hybridized carbons (Fsp3) is 0.696. The molecule has 7 nitrogen and oxygen atoms in total. The van der Waals surface area contributed by atoms with Crippen molar-refractivity contribution in [2.45, 2.75) is 89.0 Å². The van der Waals surface area contributed by atoms with Crippen LogP contribution < -0.4 is 4.74 Å². The van der Waals surface area contributed by atoms with Gasteiger partial charge < -0.3 is 29.9 Å². The summed E-state index contributed by atoms with van der Waals surface area (Å²) in [4.78, 5) is 10.6. The summed E-state index contributed by atoms with van der Waals surface area (Å²) < 4.78 is 11.4. The molecule has 168 valence electrons. The highest BCUT2D eigenvalue weighted by Gasteiger charge is 2.41. The fourth-order valence-electron chi connectivity index (χ4n) is 4.75. The van der Waals surface area contributed by atoms with Gasteiger partial charge in [0, 0.05) is 12.0 Å². The molecule has 3 rings (SSSR count). The van der Waals surface area contributed by atoms with Crippen LogP contribution in [0.2, 0.25) is 0 Å². The van der Waals surface area contributed by atoms with Crippen molar-refractivity contribution < 1.29 is 34.7 Å². The van der Waals surface area contributed by atoms with Crippen molar-refractivity contribution in [3.8, 4) is 5.75 Å². The molecule has 2 aliphatic rings. The molecule has 0 bridgehead atoms. The highest BCUT2D eigenvalue weighted by atomic mass is 16.7. The van der Waals surface area contributed by atoms with E-state index in [1.54, 1.807) is 0 Å². The Bertz CT molecular complexity index is 679. The number of aliphatic hydroxyl groups is 3. The Kier molecular flexibility index (Phi) is 8.50. The standard InChI is InChI=1S/C23H34O7/c24-18(23-29-14-15-7-5-6-9-21(15)30-23)12-11-17-16(19(25)13-20(17)26)8-3-1-2-4-10-22(27)28/h5-7,9,16-20,23-26H,1-4,8,10-14H2,(H,27,28)/t16-,17-,18-,19+,20-,23+/m1/s1. The minimum atomic E-state index is -0.806. The van der Waals surface area contributed by atoms with E-state index in [1.165, 1.54) is 0 Å². The van der Waals surface area contributed by atoms with Crippen LogP contribution in [0.15, 0.2) is 24.3 Å². The Morgan fingerprint density at radius 2 is 1.73 bits per heavy atom.